The highest BCUT2D eigenvalue weighted by molar-refractivity contribution is 5.88. The number of aromatic nitrogens is 2. The van der Waals surface area contributed by atoms with Crippen LogP contribution < -0.4 is 4.74 Å². The summed E-state index contributed by atoms with van der Waals surface area (Å²) in [5.41, 5.74) is 2.93. The van der Waals surface area contributed by atoms with Crippen LogP contribution in [-0.4, -0.2) is 27.7 Å². The predicted octanol–water partition coefficient (Wildman–Crippen LogP) is 4.05. The Kier molecular flexibility index (Phi) is 3.93. The first-order valence-electron chi connectivity index (χ1n) is 8.05. The van der Waals surface area contributed by atoms with Gasteiger partial charge in [0.15, 0.2) is 0 Å². The van der Waals surface area contributed by atoms with Crippen molar-refractivity contribution in [3.05, 3.63) is 72.4 Å². The quantitative estimate of drug-likeness (QED) is 0.589. The molecule has 3 heterocycles. The molecule has 1 aromatic carbocycles. The fraction of sp³-hybridized carbons (Fsp3) is 0.100. The van der Waals surface area contributed by atoms with Crippen LogP contribution in [0.4, 0.5) is 0 Å². The zero-order chi connectivity index (χ0) is 18.1. The van der Waals surface area contributed by atoms with E-state index in [0.717, 1.165) is 27.9 Å². The molecular weight excluding hydrogens is 332 g/mol. The summed E-state index contributed by atoms with van der Waals surface area (Å²) < 4.78 is 12.8. The van der Waals surface area contributed by atoms with E-state index in [0.29, 0.717) is 12.3 Å². The second-order valence-corrected chi connectivity index (χ2v) is 5.85. The maximum Gasteiger partial charge on any atom is 0.371 e. The molecule has 0 aliphatic rings. The number of carboxylic acids is 1. The average Bonchev–Trinajstić information content (AvgIpc) is 3.27. The van der Waals surface area contributed by atoms with E-state index in [1.807, 2.05) is 30.3 Å². The van der Waals surface area contributed by atoms with Crippen LogP contribution in [0.25, 0.3) is 22.2 Å². The summed E-state index contributed by atoms with van der Waals surface area (Å²) in [7, 11) is 1.64. The van der Waals surface area contributed by atoms with E-state index in [2.05, 4.69) is 15.6 Å². The molecule has 0 saturated heterocycles. The molecule has 0 fully saturated rings. The molecule has 0 bridgehead atoms. The zero-order valence-electron chi connectivity index (χ0n) is 14.0. The number of hydrogen-bond donors (Lipinski definition) is 1. The molecule has 4 rings (SSSR count). The Hall–Kier alpha value is -3.54. The Bertz CT molecular complexity index is 1080. The lowest BCUT2D eigenvalue weighted by Crippen LogP contribution is -2.01. The smallest absolute Gasteiger partial charge is 0.371 e. The molecule has 3 aromatic heterocycles. The van der Waals surface area contributed by atoms with Gasteiger partial charge in [0.05, 0.1) is 19.3 Å². The van der Waals surface area contributed by atoms with Gasteiger partial charge in [0.1, 0.15) is 11.5 Å². The third-order valence-corrected chi connectivity index (χ3v) is 4.25. The summed E-state index contributed by atoms with van der Waals surface area (Å²) in [5.74, 6) is 0.200. The Balaban J connectivity index is 1.85. The largest absolute Gasteiger partial charge is 0.497 e. The Labute approximate surface area is 149 Å². The van der Waals surface area contributed by atoms with Crippen LogP contribution in [0.1, 0.15) is 16.3 Å². The number of nitrogens with zero attached hydrogens (tertiary/aromatic N) is 2. The van der Waals surface area contributed by atoms with Gasteiger partial charge < -0.3 is 18.8 Å². The van der Waals surface area contributed by atoms with Crippen LogP contribution in [0.3, 0.4) is 0 Å². The molecule has 0 radical (unpaired) electrons. The van der Waals surface area contributed by atoms with Crippen molar-refractivity contribution in [3.8, 4) is 17.0 Å². The first-order valence-corrected chi connectivity index (χ1v) is 8.05. The number of pyridine rings is 1. The fourth-order valence-electron chi connectivity index (χ4n) is 3.03. The molecule has 0 aliphatic carbocycles. The second-order valence-electron chi connectivity index (χ2n) is 5.85. The molecule has 0 unspecified atom stereocenters. The highest BCUT2D eigenvalue weighted by atomic mass is 16.5. The molecule has 6 heteroatoms. The molecule has 6 nitrogen and oxygen atoms in total. The van der Waals surface area contributed by atoms with Gasteiger partial charge in [-0.3, -0.25) is 4.98 Å². The van der Waals surface area contributed by atoms with Crippen LogP contribution in [0, 0.1) is 0 Å². The van der Waals surface area contributed by atoms with Crippen molar-refractivity contribution in [3.63, 3.8) is 0 Å². The Morgan fingerprint density at radius 2 is 2.12 bits per heavy atom. The number of methoxy groups -OCH3 is 1. The molecular formula is C20H16N2O4. The number of benzene rings is 1. The number of hydrogen-bond acceptors (Lipinski definition) is 4. The summed E-state index contributed by atoms with van der Waals surface area (Å²) in [4.78, 5) is 15.3. The van der Waals surface area contributed by atoms with Crippen LogP contribution in [-0.2, 0) is 6.54 Å². The van der Waals surface area contributed by atoms with Crippen LogP contribution in [0.2, 0.25) is 0 Å². The third kappa shape index (κ3) is 2.82. The standard InChI is InChI=1S/C20H16N2O4/c1-25-15-4-6-17-14(9-15)10-18(13-3-2-8-21-11-13)22(17)12-16-5-7-19(26-16)20(23)24/h2-11H,12H2,1H3,(H,23,24). The van der Waals surface area contributed by atoms with Crippen LogP contribution in [0.15, 0.2) is 65.3 Å². The van der Waals surface area contributed by atoms with E-state index in [1.54, 1.807) is 25.6 Å². The number of fused-ring (bicyclic) bond motifs is 1. The van der Waals surface area contributed by atoms with Crippen LogP contribution in [0.5, 0.6) is 5.75 Å². The number of aromatic carboxylic acids is 1. The van der Waals surface area contributed by atoms with Crippen molar-refractivity contribution in [2.24, 2.45) is 0 Å². The van der Waals surface area contributed by atoms with E-state index < -0.39 is 5.97 Å². The predicted molar refractivity (Wildman–Crippen MR) is 96.5 cm³/mol. The summed E-state index contributed by atoms with van der Waals surface area (Å²) in [5, 5.41) is 10.1. The van der Waals surface area contributed by atoms with Gasteiger partial charge in [0.25, 0.3) is 0 Å². The summed E-state index contributed by atoms with van der Waals surface area (Å²) in [6.07, 6.45) is 3.53. The molecule has 0 atom stereocenters. The number of carboxylic acid groups (broad SMARTS) is 1. The minimum Gasteiger partial charge on any atom is -0.497 e. The topological polar surface area (TPSA) is 77.5 Å². The average molecular weight is 348 g/mol. The minimum absolute atomic E-state index is 0.0685. The number of furan rings is 1. The molecule has 0 amide bonds. The molecule has 0 saturated carbocycles. The van der Waals surface area contributed by atoms with Crippen molar-refractivity contribution in [2.45, 2.75) is 6.54 Å². The Morgan fingerprint density at radius 3 is 2.81 bits per heavy atom. The van der Waals surface area contributed by atoms with Gasteiger partial charge >= 0.3 is 5.97 Å². The van der Waals surface area contributed by atoms with Crippen molar-refractivity contribution in [1.82, 2.24) is 9.55 Å². The lowest BCUT2D eigenvalue weighted by atomic mass is 10.2. The third-order valence-electron chi connectivity index (χ3n) is 4.25. The van der Waals surface area contributed by atoms with Gasteiger partial charge in [-0.25, -0.2) is 4.79 Å². The van der Waals surface area contributed by atoms with Crippen LogP contribution >= 0.6 is 0 Å². The first kappa shape index (κ1) is 16.0. The second kappa shape index (κ2) is 6.40. The van der Waals surface area contributed by atoms with Gasteiger partial charge in [-0.05, 0) is 48.5 Å². The number of carbonyl (C=O) groups is 1. The maximum absolute atomic E-state index is 11.1. The Morgan fingerprint density at radius 1 is 1.23 bits per heavy atom. The monoisotopic (exact) mass is 348 g/mol. The number of rotatable bonds is 5. The summed E-state index contributed by atoms with van der Waals surface area (Å²) in [6, 6.07) is 14.9. The van der Waals surface area contributed by atoms with Gasteiger partial charge in [-0.2, -0.15) is 0 Å². The molecule has 4 aromatic rings. The lowest BCUT2D eigenvalue weighted by Gasteiger charge is -2.09. The van der Waals surface area contributed by atoms with Crippen molar-refractivity contribution < 1.29 is 19.1 Å². The maximum atomic E-state index is 11.1. The van der Waals surface area contributed by atoms with Crippen molar-refractivity contribution in [2.75, 3.05) is 7.11 Å². The molecule has 26 heavy (non-hydrogen) atoms. The van der Waals surface area contributed by atoms with Gasteiger partial charge in [0, 0.05) is 28.9 Å². The SMILES string of the molecule is COc1ccc2c(c1)cc(-c1cccnc1)n2Cc1ccc(C(=O)O)o1. The van der Waals surface area contributed by atoms with E-state index in [9.17, 15) is 4.79 Å². The molecule has 0 aliphatic heterocycles. The van der Waals surface area contributed by atoms with Crippen molar-refractivity contribution >= 4 is 16.9 Å². The molecule has 0 spiro atoms. The van der Waals surface area contributed by atoms with Crippen molar-refractivity contribution in [1.29, 1.82) is 0 Å². The normalized spacial score (nSPS) is 11.0. The molecule has 130 valence electrons. The first-order chi connectivity index (χ1) is 12.7. The highest BCUT2D eigenvalue weighted by Crippen LogP contribution is 2.31. The fourth-order valence-corrected chi connectivity index (χ4v) is 3.03. The zero-order valence-corrected chi connectivity index (χ0v) is 14.0. The highest BCUT2D eigenvalue weighted by Gasteiger charge is 2.15. The van der Waals surface area contributed by atoms with E-state index in [-0.39, 0.29) is 5.76 Å². The summed E-state index contributed by atoms with van der Waals surface area (Å²) >= 11 is 0. The van der Waals surface area contributed by atoms with Gasteiger partial charge in [-0.1, -0.05) is 0 Å². The van der Waals surface area contributed by atoms with E-state index >= 15 is 0 Å². The molecule has 1 N–H and O–H groups in total. The van der Waals surface area contributed by atoms with E-state index in [4.69, 9.17) is 14.3 Å². The van der Waals surface area contributed by atoms with Gasteiger partial charge in [0.2, 0.25) is 5.76 Å². The number of ether oxygens (including phenoxy) is 1. The lowest BCUT2D eigenvalue weighted by molar-refractivity contribution is 0.0660. The van der Waals surface area contributed by atoms with Gasteiger partial charge in [-0.15, -0.1) is 0 Å². The summed E-state index contributed by atoms with van der Waals surface area (Å²) in [6.45, 7) is 0.410. The van der Waals surface area contributed by atoms with E-state index in [1.165, 1.54) is 6.07 Å². The minimum atomic E-state index is -1.08.